The maximum Gasteiger partial charge on any atom is 0.186 e. The molecule has 0 N–H and O–H groups in total. The van der Waals surface area contributed by atoms with Crippen LogP contribution in [0.25, 0.3) is 0 Å². The van der Waals surface area contributed by atoms with Gasteiger partial charge < -0.3 is 9.64 Å². The standard InChI is InChI=1S/C14H22N2O2S/c1-9(8-18-5)16(4)13-15-10-6-14(2,3)7-11(17)12(10)19-13/h9H,6-8H2,1-5H3. The van der Waals surface area contributed by atoms with Gasteiger partial charge in [0.15, 0.2) is 10.9 Å². The molecule has 0 saturated heterocycles. The highest BCUT2D eigenvalue weighted by atomic mass is 32.1. The third kappa shape index (κ3) is 2.98. The van der Waals surface area contributed by atoms with E-state index in [4.69, 9.17) is 4.74 Å². The van der Waals surface area contributed by atoms with Crippen molar-refractivity contribution in [1.29, 1.82) is 0 Å². The molecule has 1 aliphatic rings. The highest BCUT2D eigenvalue weighted by molar-refractivity contribution is 7.17. The zero-order valence-corrected chi connectivity index (χ0v) is 13.1. The molecule has 0 amide bonds. The smallest absolute Gasteiger partial charge is 0.186 e. The molecule has 1 atom stereocenters. The van der Waals surface area contributed by atoms with Gasteiger partial charge in [-0.05, 0) is 18.8 Å². The van der Waals surface area contributed by atoms with Crippen molar-refractivity contribution in [1.82, 2.24) is 4.98 Å². The SMILES string of the molecule is COCC(C)N(C)c1nc2c(s1)C(=O)CC(C)(C)C2. The van der Waals surface area contributed by atoms with E-state index in [1.807, 2.05) is 7.05 Å². The van der Waals surface area contributed by atoms with Crippen molar-refractivity contribution in [3.63, 3.8) is 0 Å². The summed E-state index contributed by atoms with van der Waals surface area (Å²) in [6.45, 7) is 7.00. The summed E-state index contributed by atoms with van der Waals surface area (Å²) in [4.78, 5) is 19.8. The Morgan fingerprint density at radius 1 is 1.47 bits per heavy atom. The number of hydrogen-bond donors (Lipinski definition) is 0. The summed E-state index contributed by atoms with van der Waals surface area (Å²) in [5.41, 5.74) is 1.00. The number of nitrogens with zero attached hydrogens (tertiary/aromatic N) is 2. The van der Waals surface area contributed by atoms with E-state index in [1.54, 1.807) is 7.11 Å². The molecule has 0 fully saturated rings. The highest BCUT2D eigenvalue weighted by Gasteiger charge is 2.34. The van der Waals surface area contributed by atoms with E-state index in [9.17, 15) is 4.79 Å². The third-order valence-corrected chi connectivity index (χ3v) is 4.82. The average Bonchev–Trinajstić information content (AvgIpc) is 2.70. The number of methoxy groups -OCH3 is 1. The first kappa shape index (κ1) is 14.5. The Morgan fingerprint density at radius 3 is 2.79 bits per heavy atom. The van der Waals surface area contributed by atoms with Gasteiger partial charge in [0.1, 0.15) is 0 Å². The Kier molecular flexibility index (Phi) is 3.97. The maximum absolute atomic E-state index is 12.2. The molecule has 0 saturated carbocycles. The Bertz CT molecular complexity index is 482. The molecule has 19 heavy (non-hydrogen) atoms. The lowest BCUT2D eigenvalue weighted by atomic mass is 9.78. The molecule has 0 aromatic carbocycles. The number of carbonyl (C=O) groups is 1. The lowest BCUT2D eigenvalue weighted by molar-refractivity contribution is 0.0916. The number of carbonyl (C=O) groups excluding carboxylic acids is 1. The van der Waals surface area contributed by atoms with Gasteiger partial charge >= 0.3 is 0 Å². The van der Waals surface area contributed by atoms with Crippen LogP contribution >= 0.6 is 11.3 Å². The van der Waals surface area contributed by atoms with Crippen LogP contribution in [0.4, 0.5) is 5.13 Å². The number of aromatic nitrogens is 1. The third-order valence-electron chi connectivity index (χ3n) is 3.60. The van der Waals surface area contributed by atoms with Crippen LogP contribution in [0.5, 0.6) is 0 Å². The number of anilines is 1. The number of fused-ring (bicyclic) bond motifs is 1. The van der Waals surface area contributed by atoms with Gasteiger partial charge in [0.25, 0.3) is 0 Å². The summed E-state index contributed by atoms with van der Waals surface area (Å²) in [6, 6.07) is 0.251. The summed E-state index contributed by atoms with van der Waals surface area (Å²) < 4.78 is 5.17. The van der Waals surface area contributed by atoms with Crippen molar-refractivity contribution in [3.8, 4) is 0 Å². The van der Waals surface area contributed by atoms with E-state index < -0.39 is 0 Å². The van der Waals surface area contributed by atoms with Crippen molar-refractivity contribution in [3.05, 3.63) is 10.6 Å². The lowest BCUT2D eigenvalue weighted by Crippen LogP contribution is -2.32. The first-order valence-electron chi connectivity index (χ1n) is 6.59. The number of Topliss-reactive ketones (excluding diaryl/α,β-unsaturated/α-hetero) is 1. The Balaban J connectivity index is 2.25. The molecule has 0 bridgehead atoms. The van der Waals surface area contributed by atoms with Crippen LogP contribution in [-0.4, -0.2) is 37.6 Å². The molecule has 1 unspecified atom stereocenters. The predicted octanol–water partition coefficient (Wildman–Crippen LogP) is 2.77. The number of thiazole rings is 1. The first-order chi connectivity index (χ1) is 8.84. The van der Waals surface area contributed by atoms with Crippen LogP contribution in [0, 0.1) is 5.41 Å². The van der Waals surface area contributed by atoms with Crippen molar-refractivity contribution in [2.75, 3.05) is 25.7 Å². The number of rotatable bonds is 4. The molecule has 1 heterocycles. The normalized spacial score (nSPS) is 19.1. The van der Waals surface area contributed by atoms with Gasteiger partial charge in [-0.15, -0.1) is 0 Å². The van der Waals surface area contributed by atoms with Crippen LogP contribution in [0.3, 0.4) is 0 Å². The van der Waals surface area contributed by atoms with E-state index in [0.29, 0.717) is 13.0 Å². The second-order valence-corrected chi connectivity index (χ2v) is 7.11. The minimum absolute atomic E-state index is 0.0339. The van der Waals surface area contributed by atoms with Gasteiger partial charge in [-0.25, -0.2) is 4.98 Å². The van der Waals surface area contributed by atoms with Crippen LogP contribution in [-0.2, 0) is 11.2 Å². The molecular formula is C14H22N2O2S. The fourth-order valence-corrected chi connectivity index (χ4v) is 3.48. The van der Waals surface area contributed by atoms with Gasteiger partial charge in [-0.2, -0.15) is 0 Å². The van der Waals surface area contributed by atoms with Gasteiger partial charge in [0.2, 0.25) is 0 Å². The van der Waals surface area contributed by atoms with E-state index >= 15 is 0 Å². The fourth-order valence-electron chi connectivity index (χ4n) is 2.40. The average molecular weight is 282 g/mol. The van der Waals surface area contributed by atoms with Gasteiger partial charge in [0, 0.05) is 20.6 Å². The topological polar surface area (TPSA) is 42.4 Å². The fraction of sp³-hybridized carbons (Fsp3) is 0.714. The molecule has 4 nitrogen and oxygen atoms in total. The van der Waals surface area contributed by atoms with Crippen LogP contribution in [0.1, 0.15) is 42.6 Å². The summed E-state index contributed by atoms with van der Waals surface area (Å²) >= 11 is 1.52. The van der Waals surface area contributed by atoms with Crippen molar-refractivity contribution in [2.45, 2.75) is 39.7 Å². The van der Waals surface area contributed by atoms with E-state index in [2.05, 4.69) is 30.7 Å². The van der Waals surface area contributed by atoms with Crippen molar-refractivity contribution in [2.24, 2.45) is 5.41 Å². The second-order valence-electron chi connectivity index (χ2n) is 6.13. The number of ether oxygens (including phenoxy) is 1. The van der Waals surface area contributed by atoms with E-state index in [0.717, 1.165) is 22.1 Å². The number of hydrogen-bond acceptors (Lipinski definition) is 5. The molecule has 2 rings (SSSR count). The van der Waals surface area contributed by atoms with E-state index in [-0.39, 0.29) is 17.2 Å². The van der Waals surface area contributed by atoms with E-state index in [1.165, 1.54) is 11.3 Å². The highest BCUT2D eigenvalue weighted by Crippen LogP contribution is 2.39. The maximum atomic E-state index is 12.2. The molecule has 0 spiro atoms. The molecule has 0 radical (unpaired) electrons. The molecule has 0 aliphatic heterocycles. The first-order valence-corrected chi connectivity index (χ1v) is 7.40. The minimum Gasteiger partial charge on any atom is -0.383 e. The van der Waals surface area contributed by atoms with Gasteiger partial charge in [0.05, 0.1) is 23.2 Å². The van der Waals surface area contributed by atoms with Crippen LogP contribution in [0.15, 0.2) is 0 Å². The molecular weight excluding hydrogens is 260 g/mol. The summed E-state index contributed by atoms with van der Waals surface area (Å²) in [5, 5.41) is 0.917. The second kappa shape index (κ2) is 5.21. The molecule has 5 heteroatoms. The largest absolute Gasteiger partial charge is 0.383 e. The Hall–Kier alpha value is -0.940. The molecule has 1 aliphatic carbocycles. The molecule has 1 aromatic heterocycles. The summed E-state index contributed by atoms with van der Waals surface area (Å²) in [7, 11) is 3.70. The number of ketones is 1. The zero-order valence-electron chi connectivity index (χ0n) is 12.3. The van der Waals surface area contributed by atoms with Gasteiger partial charge in [-0.1, -0.05) is 25.2 Å². The van der Waals surface area contributed by atoms with Crippen LogP contribution < -0.4 is 4.90 Å². The quantitative estimate of drug-likeness (QED) is 0.851. The van der Waals surface area contributed by atoms with Gasteiger partial charge in [-0.3, -0.25) is 4.79 Å². The van der Waals surface area contributed by atoms with Crippen molar-refractivity contribution < 1.29 is 9.53 Å². The summed E-state index contributed by atoms with van der Waals surface area (Å²) in [5.74, 6) is 0.239. The molecule has 1 aromatic rings. The zero-order chi connectivity index (χ0) is 14.2. The van der Waals surface area contributed by atoms with Crippen molar-refractivity contribution >= 4 is 22.3 Å². The summed E-state index contributed by atoms with van der Waals surface area (Å²) in [6.07, 6.45) is 1.51. The molecule has 106 valence electrons. The monoisotopic (exact) mass is 282 g/mol. The predicted molar refractivity (Wildman–Crippen MR) is 78.3 cm³/mol. The Labute approximate surface area is 118 Å². The number of likely N-dealkylation sites (N-methyl/N-ethyl adjacent to an activating group) is 1. The Morgan fingerprint density at radius 2 is 2.16 bits per heavy atom. The van der Waals surface area contributed by atoms with Crippen LogP contribution in [0.2, 0.25) is 0 Å². The lowest BCUT2D eigenvalue weighted by Gasteiger charge is -2.26. The minimum atomic E-state index is 0.0339.